The molecule has 0 bridgehead atoms. The normalized spacial score (nSPS) is 20.6. The molecule has 6 rings (SSSR count). The van der Waals surface area contributed by atoms with Crippen LogP contribution in [0.2, 0.25) is 0 Å². The third kappa shape index (κ3) is 5.52. The first-order chi connectivity index (χ1) is 21.7. The van der Waals surface area contributed by atoms with Gasteiger partial charge in [0.25, 0.3) is 0 Å². The number of ketones is 1. The molecule has 1 saturated heterocycles. The van der Waals surface area contributed by atoms with Crippen LogP contribution in [0.1, 0.15) is 52.8 Å². The van der Waals surface area contributed by atoms with Gasteiger partial charge in [-0.1, -0.05) is 6.07 Å². The van der Waals surface area contributed by atoms with E-state index in [1.807, 2.05) is 19.1 Å². The number of likely N-dealkylation sites (tertiary alicyclic amines) is 1. The summed E-state index contributed by atoms with van der Waals surface area (Å²) in [5, 5.41) is 3.23. The number of pyridine rings is 1. The number of piperidine rings is 1. The maximum Gasteiger partial charge on any atom is 0.433 e. The number of ether oxygens (including phenoxy) is 1. The van der Waals surface area contributed by atoms with E-state index in [2.05, 4.69) is 20.3 Å². The van der Waals surface area contributed by atoms with Crippen molar-refractivity contribution in [2.45, 2.75) is 65.3 Å². The number of aryl methyl sites for hydroxylation is 3. The molecule has 0 radical (unpaired) electrons. The van der Waals surface area contributed by atoms with Gasteiger partial charge in [0, 0.05) is 53.7 Å². The van der Waals surface area contributed by atoms with E-state index in [1.54, 1.807) is 44.1 Å². The summed E-state index contributed by atoms with van der Waals surface area (Å²) in [6.45, 7) is 6.88. The number of aromatic nitrogens is 4. The summed E-state index contributed by atoms with van der Waals surface area (Å²) in [6.07, 6.45) is 1.35. The minimum absolute atomic E-state index is 0.151. The molecule has 1 saturated carbocycles. The van der Waals surface area contributed by atoms with Gasteiger partial charge in [0.15, 0.2) is 5.78 Å². The van der Waals surface area contributed by atoms with Gasteiger partial charge in [-0.25, -0.2) is 15.0 Å². The van der Waals surface area contributed by atoms with E-state index in [4.69, 9.17) is 4.74 Å². The third-order valence-electron chi connectivity index (χ3n) is 9.03. The Morgan fingerprint density at radius 2 is 1.76 bits per heavy atom. The Labute approximate surface area is 263 Å². The molecule has 4 aromatic rings. The molecule has 4 heterocycles. The van der Waals surface area contributed by atoms with Crippen LogP contribution in [-0.2, 0) is 27.0 Å². The number of anilines is 1. The van der Waals surface area contributed by atoms with Crippen molar-refractivity contribution < 1.29 is 32.3 Å². The number of benzene rings is 1. The lowest BCUT2D eigenvalue weighted by Crippen LogP contribution is -2.46. The highest BCUT2D eigenvalue weighted by atomic mass is 19.4. The Bertz CT molecular complexity index is 1890. The molecule has 2 amide bonds. The maximum atomic E-state index is 14.1. The molecule has 1 N–H and O–H groups in total. The number of fused-ring (bicyclic) bond motifs is 2. The van der Waals surface area contributed by atoms with Crippen molar-refractivity contribution in [2.24, 2.45) is 5.41 Å². The molecule has 2 aliphatic rings. The summed E-state index contributed by atoms with van der Waals surface area (Å²) in [7, 11) is 1.55. The van der Waals surface area contributed by atoms with E-state index < -0.39 is 29.2 Å². The van der Waals surface area contributed by atoms with Gasteiger partial charge in [0.2, 0.25) is 11.8 Å². The van der Waals surface area contributed by atoms with Crippen LogP contribution < -0.4 is 5.32 Å². The molecule has 3 atom stereocenters. The number of hydrogen-bond acceptors (Lipinski definition) is 7. The zero-order valence-corrected chi connectivity index (χ0v) is 26.0. The predicted octanol–water partition coefficient (Wildman–Crippen LogP) is 5.28. The number of carbonyl (C=O) groups excluding carboxylic acids is 3. The number of nitrogens with one attached hydrogen (secondary N) is 1. The van der Waals surface area contributed by atoms with Crippen LogP contribution >= 0.6 is 0 Å². The van der Waals surface area contributed by atoms with Crippen LogP contribution in [0.5, 0.6) is 0 Å². The number of hydrogen-bond donors (Lipinski definition) is 1. The Morgan fingerprint density at radius 3 is 2.41 bits per heavy atom. The Balaban J connectivity index is 1.32. The van der Waals surface area contributed by atoms with E-state index in [0.29, 0.717) is 47.3 Å². The van der Waals surface area contributed by atoms with Crippen LogP contribution in [0.3, 0.4) is 0 Å². The summed E-state index contributed by atoms with van der Waals surface area (Å²) in [5.74, 6) is -0.709. The van der Waals surface area contributed by atoms with Crippen molar-refractivity contribution in [3.05, 3.63) is 71.1 Å². The molecule has 0 spiro atoms. The number of carbonyl (C=O) groups is 3. The Kier molecular flexibility index (Phi) is 7.70. The van der Waals surface area contributed by atoms with Gasteiger partial charge in [0.1, 0.15) is 29.9 Å². The summed E-state index contributed by atoms with van der Waals surface area (Å²) in [4.78, 5) is 54.2. The quantitative estimate of drug-likeness (QED) is 0.262. The molecule has 10 nitrogen and oxygen atoms in total. The number of rotatable bonds is 8. The average molecular weight is 635 g/mol. The van der Waals surface area contributed by atoms with Crippen LogP contribution in [0, 0.1) is 26.2 Å². The first-order valence-corrected chi connectivity index (χ1v) is 14.8. The average Bonchev–Trinajstić information content (AvgIpc) is 3.38. The number of Topliss-reactive ketones (excluding diaryl/α,β-unsaturated/α-hetero) is 1. The molecule has 0 unspecified atom stereocenters. The lowest BCUT2D eigenvalue weighted by atomic mass is 10.00. The van der Waals surface area contributed by atoms with Gasteiger partial charge in [-0.15, -0.1) is 0 Å². The lowest BCUT2D eigenvalue weighted by molar-refractivity contribution is -0.141. The summed E-state index contributed by atoms with van der Waals surface area (Å²) in [5.41, 5.74) is 2.41. The fraction of sp³-hybridized carbons (Fsp3) is 0.394. The lowest BCUT2D eigenvalue weighted by Gasteiger charge is -2.27. The van der Waals surface area contributed by atoms with Gasteiger partial charge < -0.3 is 19.5 Å². The summed E-state index contributed by atoms with van der Waals surface area (Å²) in [6, 6.07) is 4.72. The number of alkyl halides is 3. The van der Waals surface area contributed by atoms with Crippen molar-refractivity contribution >= 4 is 34.3 Å². The van der Waals surface area contributed by atoms with Crippen molar-refractivity contribution in [3.63, 3.8) is 0 Å². The second kappa shape index (κ2) is 11.3. The van der Waals surface area contributed by atoms with Crippen LogP contribution in [0.25, 0.3) is 22.0 Å². The molecular formula is C33H33F3N6O4. The highest BCUT2D eigenvalue weighted by Crippen LogP contribution is 2.59. The van der Waals surface area contributed by atoms with E-state index in [0.717, 1.165) is 22.8 Å². The van der Waals surface area contributed by atoms with Crippen LogP contribution in [0.4, 0.5) is 19.0 Å². The van der Waals surface area contributed by atoms with Gasteiger partial charge in [0.05, 0.1) is 12.1 Å². The zero-order valence-electron chi connectivity index (χ0n) is 26.0. The SMILES string of the molecule is COC[C@@]12C[C@@H](C(=O)Nc3nc(C(F)(F)F)ccc3C)N(C(=O)Cn3cc(C(C)=O)c4cc(-c5cnc(C)nc5)cc(C)c43)[C@@H]1C2. The molecular weight excluding hydrogens is 601 g/mol. The smallest absolute Gasteiger partial charge is 0.384 e. The first kappa shape index (κ1) is 31.3. The summed E-state index contributed by atoms with van der Waals surface area (Å²) < 4.78 is 47.2. The highest BCUT2D eigenvalue weighted by molar-refractivity contribution is 6.09. The topological polar surface area (TPSA) is 119 Å². The summed E-state index contributed by atoms with van der Waals surface area (Å²) >= 11 is 0. The monoisotopic (exact) mass is 634 g/mol. The fourth-order valence-corrected chi connectivity index (χ4v) is 6.72. The number of methoxy groups -OCH3 is 1. The molecule has 2 fully saturated rings. The Morgan fingerprint density at radius 1 is 1.04 bits per heavy atom. The third-order valence-corrected chi connectivity index (χ3v) is 9.03. The van der Waals surface area contributed by atoms with E-state index in [-0.39, 0.29) is 30.1 Å². The highest BCUT2D eigenvalue weighted by Gasteiger charge is 2.67. The molecule has 1 aliphatic heterocycles. The van der Waals surface area contributed by atoms with Gasteiger partial charge in [-0.3, -0.25) is 14.4 Å². The number of nitrogens with zero attached hydrogens (tertiary/aromatic N) is 5. The molecule has 1 aliphatic carbocycles. The van der Waals surface area contributed by atoms with Gasteiger partial charge in [-0.2, -0.15) is 13.2 Å². The Hall–Kier alpha value is -4.65. The largest absolute Gasteiger partial charge is 0.433 e. The van der Waals surface area contributed by atoms with E-state index in [9.17, 15) is 27.6 Å². The molecule has 1 aromatic carbocycles. The molecule has 240 valence electrons. The molecule has 46 heavy (non-hydrogen) atoms. The molecule has 3 aromatic heterocycles. The second-order valence-electron chi connectivity index (χ2n) is 12.3. The first-order valence-electron chi connectivity index (χ1n) is 14.8. The zero-order chi connectivity index (χ0) is 33.1. The van der Waals surface area contributed by atoms with Gasteiger partial charge >= 0.3 is 6.18 Å². The minimum Gasteiger partial charge on any atom is -0.384 e. The predicted molar refractivity (Wildman–Crippen MR) is 163 cm³/mol. The number of amides is 2. The van der Waals surface area contributed by atoms with Crippen molar-refractivity contribution in [1.82, 2.24) is 24.4 Å². The minimum atomic E-state index is -4.68. The van der Waals surface area contributed by atoms with Crippen molar-refractivity contribution in [1.29, 1.82) is 0 Å². The van der Waals surface area contributed by atoms with Crippen molar-refractivity contribution in [3.8, 4) is 11.1 Å². The van der Waals surface area contributed by atoms with Crippen LogP contribution in [-0.4, -0.2) is 67.8 Å². The van der Waals surface area contributed by atoms with Crippen molar-refractivity contribution in [2.75, 3.05) is 19.0 Å². The maximum absolute atomic E-state index is 14.1. The second-order valence-corrected chi connectivity index (χ2v) is 12.3. The van der Waals surface area contributed by atoms with Gasteiger partial charge in [-0.05, 0) is 75.4 Å². The molecule has 13 heteroatoms. The standard InChI is InChI=1S/C33H33F3N6O4/c1-17-6-7-26(33(34,35)36)39-30(17)40-31(45)25-10-32(16-46-5)11-27(32)42(25)28(44)15-41-14-24(19(3)43)23-9-21(8-18(2)29(23)41)22-12-37-20(4)38-13-22/h6-9,12-14,25,27H,10-11,15-16H2,1-5H3,(H,39,40,45)/t25-,27+,32-/m0/s1. The fourth-order valence-electron chi connectivity index (χ4n) is 6.72. The van der Waals surface area contributed by atoms with E-state index >= 15 is 0 Å². The number of halogens is 3. The van der Waals surface area contributed by atoms with Crippen LogP contribution in [0.15, 0.2) is 42.9 Å². The van der Waals surface area contributed by atoms with E-state index in [1.165, 1.54) is 17.9 Å².